The van der Waals surface area contributed by atoms with Gasteiger partial charge in [0, 0.05) is 9.90 Å². The number of hydrogen-bond donors (Lipinski definition) is 0. The number of benzene rings is 1. The van der Waals surface area contributed by atoms with Gasteiger partial charge in [-0.15, -0.1) is 11.3 Å². The van der Waals surface area contributed by atoms with Gasteiger partial charge in [0.2, 0.25) is 0 Å². The van der Waals surface area contributed by atoms with Gasteiger partial charge in [-0.3, -0.25) is 9.59 Å². The Morgan fingerprint density at radius 1 is 1.10 bits per heavy atom. The first kappa shape index (κ1) is 14.3. The molecule has 1 aromatic heterocycles. The monoisotopic (exact) mass is 337 g/mol. The van der Waals surface area contributed by atoms with E-state index in [9.17, 15) is 9.59 Å². The predicted molar refractivity (Wildman–Crippen MR) is 85.8 cm³/mol. The molecule has 0 aliphatic carbocycles. The first-order chi connectivity index (χ1) is 10.0. The van der Waals surface area contributed by atoms with Crippen molar-refractivity contribution in [2.24, 2.45) is 0 Å². The third-order valence-corrected chi connectivity index (χ3v) is 4.68. The Labute approximate surface area is 135 Å². The summed E-state index contributed by atoms with van der Waals surface area (Å²) in [6.45, 7) is 1.81. The second kappa shape index (κ2) is 5.30. The van der Waals surface area contributed by atoms with Crippen LogP contribution in [0.5, 0.6) is 0 Å². The highest BCUT2D eigenvalue weighted by Gasteiger charge is 2.40. The van der Waals surface area contributed by atoms with Gasteiger partial charge in [0.25, 0.3) is 11.8 Å². The summed E-state index contributed by atoms with van der Waals surface area (Å²) in [5.41, 5.74) is 1.48. The topological polar surface area (TPSA) is 37.4 Å². The van der Waals surface area contributed by atoms with Crippen LogP contribution in [0.3, 0.4) is 0 Å². The molecule has 0 atom stereocenters. The van der Waals surface area contributed by atoms with E-state index in [1.165, 1.54) is 11.3 Å². The summed E-state index contributed by atoms with van der Waals surface area (Å²) in [6, 6.07) is 8.63. The van der Waals surface area contributed by atoms with Crippen LogP contribution in [0.15, 0.2) is 40.7 Å². The molecule has 0 fully saturated rings. The highest BCUT2D eigenvalue weighted by atomic mass is 35.5. The Kier molecular flexibility index (Phi) is 3.61. The van der Waals surface area contributed by atoms with Gasteiger partial charge >= 0.3 is 0 Å². The Morgan fingerprint density at radius 2 is 1.86 bits per heavy atom. The third kappa shape index (κ3) is 2.29. The highest BCUT2D eigenvalue weighted by molar-refractivity contribution is 7.11. The maximum absolute atomic E-state index is 12.6. The lowest BCUT2D eigenvalue weighted by molar-refractivity contribution is -0.119. The van der Waals surface area contributed by atoms with Gasteiger partial charge < -0.3 is 0 Å². The molecule has 106 valence electrons. The lowest BCUT2D eigenvalue weighted by atomic mass is 10.1. The van der Waals surface area contributed by atoms with Crippen molar-refractivity contribution in [2.45, 2.75) is 6.92 Å². The molecule has 3 nitrogen and oxygen atoms in total. The van der Waals surface area contributed by atoms with Crippen LogP contribution in [-0.4, -0.2) is 11.8 Å². The molecule has 1 aliphatic heterocycles. The lowest BCUT2D eigenvalue weighted by Crippen LogP contribution is -2.31. The predicted octanol–water partition coefficient (Wildman–Crippen LogP) is 4.23. The second-order valence-electron chi connectivity index (χ2n) is 4.54. The quantitative estimate of drug-likeness (QED) is 0.769. The molecule has 2 amide bonds. The van der Waals surface area contributed by atoms with Gasteiger partial charge in [-0.2, -0.15) is 0 Å². The van der Waals surface area contributed by atoms with Crippen molar-refractivity contribution in [3.8, 4) is 0 Å². The SMILES string of the molecule is Cc1ccc(Cl)cc1N1C(=O)C(Cl)=C(c2cccs2)C1=O. The molecular formula is C15H9Cl2NO2S. The number of halogens is 2. The fourth-order valence-electron chi connectivity index (χ4n) is 2.18. The molecule has 0 saturated carbocycles. The van der Waals surface area contributed by atoms with E-state index in [2.05, 4.69) is 0 Å². The van der Waals surface area contributed by atoms with Gasteiger partial charge in [-0.25, -0.2) is 4.90 Å². The van der Waals surface area contributed by atoms with Gasteiger partial charge in [0.05, 0.1) is 11.3 Å². The van der Waals surface area contributed by atoms with Crippen LogP contribution in [-0.2, 0) is 9.59 Å². The van der Waals surface area contributed by atoms with Crippen molar-refractivity contribution in [1.29, 1.82) is 0 Å². The molecule has 2 aromatic rings. The van der Waals surface area contributed by atoms with Crippen molar-refractivity contribution in [2.75, 3.05) is 4.90 Å². The molecule has 0 saturated heterocycles. The number of amides is 2. The molecule has 0 N–H and O–H groups in total. The van der Waals surface area contributed by atoms with Crippen molar-refractivity contribution in [1.82, 2.24) is 0 Å². The maximum atomic E-state index is 12.6. The Morgan fingerprint density at radius 3 is 2.52 bits per heavy atom. The molecule has 3 rings (SSSR count). The zero-order chi connectivity index (χ0) is 15.1. The minimum absolute atomic E-state index is 0.0539. The van der Waals surface area contributed by atoms with Crippen LogP contribution in [0.2, 0.25) is 5.02 Å². The van der Waals surface area contributed by atoms with Crippen LogP contribution >= 0.6 is 34.5 Å². The summed E-state index contributed by atoms with van der Waals surface area (Å²) in [4.78, 5) is 26.7. The molecule has 21 heavy (non-hydrogen) atoms. The van der Waals surface area contributed by atoms with Crippen molar-refractivity contribution >= 4 is 57.6 Å². The van der Waals surface area contributed by atoms with Gasteiger partial charge in [0.1, 0.15) is 5.03 Å². The van der Waals surface area contributed by atoms with E-state index in [1.54, 1.807) is 24.3 Å². The minimum atomic E-state index is -0.518. The van der Waals surface area contributed by atoms with E-state index in [0.717, 1.165) is 10.5 Å². The minimum Gasteiger partial charge on any atom is -0.268 e. The van der Waals surface area contributed by atoms with E-state index < -0.39 is 11.8 Å². The summed E-state index contributed by atoms with van der Waals surface area (Å²) < 4.78 is 0. The lowest BCUT2D eigenvalue weighted by Gasteiger charge is -2.17. The van der Waals surface area contributed by atoms with Gasteiger partial charge in [-0.05, 0) is 36.1 Å². The number of thiophene rings is 1. The van der Waals surface area contributed by atoms with Crippen LogP contribution in [0.25, 0.3) is 5.57 Å². The number of nitrogens with zero attached hydrogens (tertiary/aromatic N) is 1. The van der Waals surface area contributed by atoms with E-state index in [-0.39, 0.29) is 10.6 Å². The molecule has 6 heteroatoms. The van der Waals surface area contributed by atoms with Gasteiger partial charge in [0.15, 0.2) is 0 Å². The smallest absolute Gasteiger partial charge is 0.268 e. The summed E-state index contributed by atoms with van der Waals surface area (Å²) in [5.74, 6) is -0.937. The highest BCUT2D eigenvalue weighted by Crippen LogP contribution is 2.38. The largest absolute Gasteiger partial charge is 0.277 e. The molecule has 1 aliphatic rings. The molecule has 0 unspecified atom stereocenters. The fourth-order valence-corrected chi connectivity index (χ4v) is 3.44. The number of aryl methyl sites for hydroxylation is 1. The molecule has 0 bridgehead atoms. The third-order valence-electron chi connectivity index (χ3n) is 3.21. The summed E-state index contributed by atoms with van der Waals surface area (Å²) >= 11 is 13.4. The normalized spacial score (nSPS) is 15.3. The second-order valence-corrected chi connectivity index (χ2v) is 6.30. The number of rotatable bonds is 2. The zero-order valence-corrected chi connectivity index (χ0v) is 13.2. The van der Waals surface area contributed by atoms with Crippen LogP contribution in [0.4, 0.5) is 5.69 Å². The standard InChI is InChI=1S/C15H9Cl2NO2S/c1-8-4-5-9(16)7-10(8)18-14(19)12(13(17)15(18)20)11-3-2-6-21-11/h2-7H,1H3. The summed E-state index contributed by atoms with van der Waals surface area (Å²) in [6.07, 6.45) is 0. The van der Waals surface area contributed by atoms with Crippen molar-refractivity contribution < 1.29 is 9.59 Å². The number of carbonyl (C=O) groups excluding carboxylic acids is 2. The maximum Gasteiger partial charge on any atom is 0.277 e. The Bertz CT molecular complexity index is 781. The van der Waals surface area contributed by atoms with Gasteiger partial charge in [-0.1, -0.05) is 35.3 Å². The Balaban J connectivity index is 2.11. The number of anilines is 1. The van der Waals surface area contributed by atoms with E-state index in [0.29, 0.717) is 15.6 Å². The molecular weight excluding hydrogens is 329 g/mol. The Hall–Kier alpha value is -1.62. The van der Waals surface area contributed by atoms with E-state index in [1.807, 2.05) is 18.4 Å². The van der Waals surface area contributed by atoms with E-state index in [4.69, 9.17) is 23.2 Å². The first-order valence-corrected chi connectivity index (χ1v) is 7.73. The summed E-state index contributed by atoms with van der Waals surface area (Å²) in [5, 5.41) is 2.23. The first-order valence-electron chi connectivity index (χ1n) is 6.09. The van der Waals surface area contributed by atoms with Crippen LogP contribution in [0.1, 0.15) is 10.4 Å². The molecule has 0 spiro atoms. The average Bonchev–Trinajstić information content (AvgIpc) is 3.02. The zero-order valence-electron chi connectivity index (χ0n) is 10.9. The number of carbonyl (C=O) groups is 2. The molecule has 0 radical (unpaired) electrons. The average molecular weight is 338 g/mol. The molecule has 2 heterocycles. The molecule has 1 aromatic carbocycles. The van der Waals surface area contributed by atoms with Crippen molar-refractivity contribution in [3.63, 3.8) is 0 Å². The summed E-state index contributed by atoms with van der Waals surface area (Å²) in [7, 11) is 0. The van der Waals surface area contributed by atoms with Crippen LogP contribution < -0.4 is 4.90 Å². The van der Waals surface area contributed by atoms with E-state index >= 15 is 0 Å². The van der Waals surface area contributed by atoms with Crippen molar-refractivity contribution in [3.05, 3.63) is 56.2 Å². The number of hydrogen-bond acceptors (Lipinski definition) is 3. The van der Waals surface area contributed by atoms with Crippen LogP contribution in [0, 0.1) is 6.92 Å². The fraction of sp³-hybridized carbons (Fsp3) is 0.0667. The number of imide groups is 1.